The zero-order chi connectivity index (χ0) is 32.6. The first-order valence-corrected chi connectivity index (χ1v) is 16.9. The minimum atomic E-state index is -0.398. The van der Waals surface area contributed by atoms with E-state index in [0.717, 1.165) is 28.1 Å². The molecule has 49 heavy (non-hydrogen) atoms. The Balaban J connectivity index is 1.20. The third kappa shape index (κ3) is 4.91. The standard InChI is InChI=1S/C48H33N/c1-5-16-34(17-6-1)39-32-46(35-18-7-2-8-19-35)49-47(33-39)38-21-15-20-36(30-38)37-28-29-45-43(31-37)42-26-13-14-27-44(42)48(45,40-22-9-3-10-23-40)41-24-11-4-12-25-41/h1-33H. The highest BCUT2D eigenvalue weighted by atomic mass is 14.7. The van der Waals surface area contributed by atoms with Crippen LogP contribution in [-0.4, -0.2) is 4.98 Å². The Morgan fingerprint density at radius 3 is 1.45 bits per heavy atom. The molecule has 0 radical (unpaired) electrons. The summed E-state index contributed by atoms with van der Waals surface area (Å²) in [6.45, 7) is 0. The monoisotopic (exact) mass is 623 g/mol. The molecule has 1 aromatic heterocycles. The van der Waals surface area contributed by atoms with Crippen LogP contribution >= 0.6 is 0 Å². The maximum absolute atomic E-state index is 5.21. The first-order chi connectivity index (χ1) is 24.3. The highest BCUT2D eigenvalue weighted by molar-refractivity contribution is 5.89. The fourth-order valence-corrected chi connectivity index (χ4v) is 7.72. The van der Waals surface area contributed by atoms with Gasteiger partial charge in [0.1, 0.15) is 0 Å². The summed E-state index contributed by atoms with van der Waals surface area (Å²) >= 11 is 0. The van der Waals surface area contributed by atoms with E-state index in [4.69, 9.17) is 4.98 Å². The van der Waals surface area contributed by atoms with E-state index < -0.39 is 5.41 Å². The van der Waals surface area contributed by atoms with Crippen LogP contribution < -0.4 is 0 Å². The predicted molar refractivity (Wildman–Crippen MR) is 203 cm³/mol. The third-order valence-corrected chi connectivity index (χ3v) is 9.95. The van der Waals surface area contributed by atoms with Crippen LogP contribution in [0.4, 0.5) is 0 Å². The van der Waals surface area contributed by atoms with Crippen molar-refractivity contribution in [2.75, 3.05) is 0 Å². The minimum absolute atomic E-state index is 0.398. The van der Waals surface area contributed by atoms with Crippen molar-refractivity contribution in [3.63, 3.8) is 0 Å². The molecule has 1 nitrogen and oxygen atoms in total. The van der Waals surface area contributed by atoms with E-state index >= 15 is 0 Å². The second kappa shape index (κ2) is 12.0. The van der Waals surface area contributed by atoms with Crippen molar-refractivity contribution >= 4 is 0 Å². The number of hydrogen-bond donors (Lipinski definition) is 0. The van der Waals surface area contributed by atoms with Crippen molar-refractivity contribution in [1.29, 1.82) is 0 Å². The Kier molecular flexibility index (Phi) is 7.10. The average Bonchev–Trinajstić information content (AvgIpc) is 3.49. The van der Waals surface area contributed by atoms with Crippen molar-refractivity contribution in [3.05, 3.63) is 222 Å². The van der Waals surface area contributed by atoms with Crippen LogP contribution in [0.5, 0.6) is 0 Å². The van der Waals surface area contributed by atoms with Gasteiger partial charge in [-0.3, -0.25) is 0 Å². The van der Waals surface area contributed by atoms with Crippen molar-refractivity contribution in [3.8, 4) is 55.9 Å². The molecular formula is C48H33N. The van der Waals surface area contributed by atoms with Crippen LogP contribution in [0.25, 0.3) is 55.9 Å². The molecule has 0 spiro atoms. The van der Waals surface area contributed by atoms with Gasteiger partial charge < -0.3 is 0 Å². The number of aromatic nitrogens is 1. The molecule has 0 aliphatic heterocycles. The van der Waals surface area contributed by atoms with Gasteiger partial charge in [0, 0.05) is 11.1 Å². The molecule has 1 heteroatoms. The van der Waals surface area contributed by atoms with E-state index in [1.165, 1.54) is 50.1 Å². The zero-order valence-corrected chi connectivity index (χ0v) is 27.0. The Morgan fingerprint density at radius 1 is 0.286 bits per heavy atom. The molecule has 0 amide bonds. The minimum Gasteiger partial charge on any atom is -0.248 e. The number of nitrogens with zero attached hydrogens (tertiary/aromatic N) is 1. The molecule has 1 aliphatic rings. The molecule has 7 aromatic carbocycles. The Hall–Kier alpha value is -6.31. The number of pyridine rings is 1. The largest absolute Gasteiger partial charge is 0.248 e. The molecule has 1 heterocycles. The lowest BCUT2D eigenvalue weighted by Crippen LogP contribution is -2.28. The van der Waals surface area contributed by atoms with Crippen molar-refractivity contribution < 1.29 is 0 Å². The maximum Gasteiger partial charge on any atom is 0.0715 e. The molecule has 0 fully saturated rings. The van der Waals surface area contributed by atoms with Crippen molar-refractivity contribution in [2.45, 2.75) is 5.41 Å². The SMILES string of the molecule is c1ccc(-c2cc(-c3ccccc3)nc(-c3cccc(-c4ccc5c(c4)-c4ccccc4C5(c4ccccc4)c4ccccc4)c3)c2)cc1. The van der Waals surface area contributed by atoms with Crippen LogP contribution in [0.2, 0.25) is 0 Å². The summed E-state index contributed by atoms with van der Waals surface area (Å²) in [6.07, 6.45) is 0. The molecule has 9 rings (SSSR count). The van der Waals surface area contributed by atoms with Gasteiger partial charge in [-0.2, -0.15) is 0 Å². The second-order valence-corrected chi connectivity index (χ2v) is 12.7. The summed E-state index contributed by atoms with van der Waals surface area (Å²) in [7, 11) is 0. The van der Waals surface area contributed by atoms with E-state index in [1.807, 2.05) is 6.07 Å². The maximum atomic E-state index is 5.21. The number of rotatable bonds is 6. The molecule has 1 aliphatic carbocycles. The van der Waals surface area contributed by atoms with Gasteiger partial charge in [0.2, 0.25) is 0 Å². The summed E-state index contributed by atoms with van der Waals surface area (Å²) in [5.74, 6) is 0. The van der Waals surface area contributed by atoms with E-state index in [2.05, 4.69) is 194 Å². The molecule has 230 valence electrons. The molecule has 0 saturated heterocycles. The summed E-state index contributed by atoms with van der Waals surface area (Å²) in [5.41, 5.74) is 16.2. The Labute approximate surface area is 287 Å². The van der Waals surface area contributed by atoms with Gasteiger partial charge in [-0.15, -0.1) is 0 Å². The number of fused-ring (bicyclic) bond motifs is 3. The van der Waals surface area contributed by atoms with Gasteiger partial charge in [-0.05, 0) is 79.9 Å². The normalized spacial score (nSPS) is 12.7. The van der Waals surface area contributed by atoms with Crippen molar-refractivity contribution in [1.82, 2.24) is 4.98 Å². The first kappa shape index (κ1) is 28.9. The van der Waals surface area contributed by atoms with Crippen LogP contribution in [-0.2, 0) is 5.41 Å². The molecular weight excluding hydrogens is 591 g/mol. The van der Waals surface area contributed by atoms with Gasteiger partial charge in [0.15, 0.2) is 0 Å². The highest BCUT2D eigenvalue weighted by Gasteiger charge is 2.45. The fourth-order valence-electron chi connectivity index (χ4n) is 7.72. The molecule has 0 atom stereocenters. The summed E-state index contributed by atoms with van der Waals surface area (Å²) in [5, 5.41) is 0. The lowest BCUT2D eigenvalue weighted by molar-refractivity contribution is 0.768. The lowest BCUT2D eigenvalue weighted by Gasteiger charge is -2.33. The highest BCUT2D eigenvalue weighted by Crippen LogP contribution is 2.56. The van der Waals surface area contributed by atoms with Gasteiger partial charge >= 0.3 is 0 Å². The van der Waals surface area contributed by atoms with E-state index in [-0.39, 0.29) is 0 Å². The summed E-state index contributed by atoms with van der Waals surface area (Å²) in [4.78, 5) is 5.21. The molecule has 0 N–H and O–H groups in total. The van der Waals surface area contributed by atoms with E-state index in [9.17, 15) is 0 Å². The Morgan fingerprint density at radius 2 is 0.776 bits per heavy atom. The summed E-state index contributed by atoms with van der Waals surface area (Å²) < 4.78 is 0. The molecule has 0 saturated carbocycles. The van der Waals surface area contributed by atoms with Crippen LogP contribution in [0, 0.1) is 0 Å². The predicted octanol–water partition coefficient (Wildman–Crippen LogP) is 12.1. The fraction of sp³-hybridized carbons (Fsp3) is 0.0208. The molecule has 0 bridgehead atoms. The van der Waals surface area contributed by atoms with Gasteiger partial charge in [-0.1, -0.05) is 176 Å². The van der Waals surface area contributed by atoms with E-state index in [0.29, 0.717) is 0 Å². The Bertz CT molecular complexity index is 2320. The van der Waals surface area contributed by atoms with Crippen LogP contribution in [0.15, 0.2) is 200 Å². The average molecular weight is 624 g/mol. The molecule has 0 unspecified atom stereocenters. The summed E-state index contributed by atoms with van der Waals surface area (Å²) in [6, 6.07) is 72.2. The van der Waals surface area contributed by atoms with E-state index in [1.54, 1.807) is 0 Å². The topological polar surface area (TPSA) is 12.9 Å². The number of hydrogen-bond acceptors (Lipinski definition) is 1. The second-order valence-electron chi connectivity index (χ2n) is 12.7. The van der Waals surface area contributed by atoms with Gasteiger partial charge in [0.05, 0.1) is 16.8 Å². The zero-order valence-electron chi connectivity index (χ0n) is 27.0. The van der Waals surface area contributed by atoms with Crippen molar-refractivity contribution in [2.24, 2.45) is 0 Å². The van der Waals surface area contributed by atoms with Crippen LogP contribution in [0.1, 0.15) is 22.3 Å². The third-order valence-electron chi connectivity index (χ3n) is 9.95. The van der Waals surface area contributed by atoms with Gasteiger partial charge in [0.25, 0.3) is 0 Å². The first-order valence-electron chi connectivity index (χ1n) is 16.9. The number of benzene rings is 7. The smallest absolute Gasteiger partial charge is 0.0715 e. The van der Waals surface area contributed by atoms with Crippen LogP contribution in [0.3, 0.4) is 0 Å². The van der Waals surface area contributed by atoms with Gasteiger partial charge in [-0.25, -0.2) is 4.98 Å². The quantitative estimate of drug-likeness (QED) is 0.180. The molecule has 8 aromatic rings. The lowest BCUT2D eigenvalue weighted by atomic mass is 9.67.